The van der Waals surface area contributed by atoms with Gasteiger partial charge in [-0.2, -0.15) is 0 Å². The monoisotopic (exact) mass is 224 g/mol. The highest BCUT2D eigenvalue weighted by molar-refractivity contribution is 5.76. The van der Waals surface area contributed by atoms with Gasteiger partial charge in [-0.05, 0) is 37.1 Å². The van der Waals surface area contributed by atoms with Crippen molar-refractivity contribution >= 4 is 6.29 Å². The van der Waals surface area contributed by atoms with E-state index in [1.165, 1.54) is 0 Å². The van der Waals surface area contributed by atoms with Crippen LogP contribution in [0.25, 0.3) is 0 Å². The molecule has 0 unspecified atom stereocenters. The van der Waals surface area contributed by atoms with Crippen LogP contribution in [0.15, 0.2) is 12.1 Å². The molecule has 0 aliphatic carbocycles. The van der Waals surface area contributed by atoms with E-state index >= 15 is 0 Å². The van der Waals surface area contributed by atoms with Crippen LogP contribution in [0.5, 0.6) is 5.75 Å². The molecule has 0 spiro atoms. The van der Waals surface area contributed by atoms with Crippen LogP contribution in [0.1, 0.15) is 49.2 Å². The summed E-state index contributed by atoms with van der Waals surface area (Å²) in [5, 5.41) is 0. The SMILES string of the molecule is CC.CC.COc1cc(C=O)cc(C)c1C. The van der Waals surface area contributed by atoms with Crippen molar-refractivity contribution in [2.24, 2.45) is 0 Å². The number of ether oxygens (including phenoxy) is 1. The minimum atomic E-state index is 0.662. The Morgan fingerprint density at radius 3 is 1.94 bits per heavy atom. The zero-order valence-electron chi connectivity index (χ0n) is 11.5. The first kappa shape index (κ1) is 17.1. The molecular formula is C14H24O2. The number of carbonyl (C=O) groups excluding carboxylic acids is 1. The Morgan fingerprint density at radius 1 is 1.06 bits per heavy atom. The van der Waals surface area contributed by atoms with Crippen molar-refractivity contribution in [1.82, 2.24) is 0 Å². The van der Waals surface area contributed by atoms with E-state index in [4.69, 9.17) is 4.74 Å². The largest absolute Gasteiger partial charge is 0.496 e. The fraction of sp³-hybridized carbons (Fsp3) is 0.500. The molecule has 0 atom stereocenters. The molecule has 0 aromatic heterocycles. The van der Waals surface area contributed by atoms with Crippen molar-refractivity contribution in [3.63, 3.8) is 0 Å². The van der Waals surface area contributed by atoms with Crippen LogP contribution in [0.4, 0.5) is 0 Å². The minimum Gasteiger partial charge on any atom is -0.496 e. The first-order valence-corrected chi connectivity index (χ1v) is 5.79. The highest BCUT2D eigenvalue weighted by Gasteiger charge is 2.03. The third kappa shape index (κ3) is 4.96. The molecule has 0 radical (unpaired) electrons. The fourth-order valence-electron chi connectivity index (χ4n) is 1.13. The molecule has 0 N–H and O–H groups in total. The number of aldehydes is 1. The summed E-state index contributed by atoms with van der Waals surface area (Å²) < 4.78 is 5.11. The topological polar surface area (TPSA) is 26.3 Å². The molecule has 0 saturated carbocycles. The summed E-state index contributed by atoms with van der Waals surface area (Å²) in [7, 11) is 1.61. The van der Waals surface area contributed by atoms with Gasteiger partial charge in [-0.15, -0.1) is 0 Å². The summed E-state index contributed by atoms with van der Waals surface area (Å²) >= 11 is 0. The van der Waals surface area contributed by atoms with Crippen LogP contribution in [0.2, 0.25) is 0 Å². The van der Waals surface area contributed by atoms with E-state index in [-0.39, 0.29) is 0 Å². The van der Waals surface area contributed by atoms with Gasteiger partial charge in [0.25, 0.3) is 0 Å². The third-order valence-corrected chi connectivity index (χ3v) is 2.00. The van der Waals surface area contributed by atoms with E-state index in [1.807, 2.05) is 47.6 Å². The number of methoxy groups -OCH3 is 1. The third-order valence-electron chi connectivity index (χ3n) is 2.00. The van der Waals surface area contributed by atoms with E-state index in [0.717, 1.165) is 23.2 Å². The second kappa shape index (κ2) is 10.2. The molecule has 1 aromatic carbocycles. The van der Waals surface area contributed by atoms with Gasteiger partial charge < -0.3 is 4.74 Å². The molecular weight excluding hydrogens is 200 g/mol. The number of rotatable bonds is 2. The number of benzene rings is 1. The van der Waals surface area contributed by atoms with Gasteiger partial charge in [-0.3, -0.25) is 4.79 Å². The fourth-order valence-corrected chi connectivity index (χ4v) is 1.13. The standard InChI is InChI=1S/C10H12O2.2C2H6/c1-7-4-9(6-11)5-10(12-3)8(7)2;2*1-2/h4-6H,1-3H3;2*1-2H3. The van der Waals surface area contributed by atoms with Crippen LogP contribution in [0, 0.1) is 13.8 Å². The van der Waals surface area contributed by atoms with Gasteiger partial charge in [-0.1, -0.05) is 27.7 Å². The molecule has 2 nitrogen and oxygen atoms in total. The molecule has 0 amide bonds. The average molecular weight is 224 g/mol. The summed E-state index contributed by atoms with van der Waals surface area (Å²) in [6.45, 7) is 11.9. The highest BCUT2D eigenvalue weighted by Crippen LogP contribution is 2.22. The Bertz CT molecular complexity index is 304. The van der Waals surface area contributed by atoms with Crippen molar-refractivity contribution in [2.45, 2.75) is 41.5 Å². The van der Waals surface area contributed by atoms with Crippen LogP contribution in [-0.4, -0.2) is 13.4 Å². The Morgan fingerprint density at radius 2 is 1.56 bits per heavy atom. The van der Waals surface area contributed by atoms with E-state index in [1.54, 1.807) is 13.2 Å². The van der Waals surface area contributed by atoms with E-state index in [0.29, 0.717) is 5.56 Å². The maximum atomic E-state index is 10.5. The van der Waals surface area contributed by atoms with Crippen LogP contribution >= 0.6 is 0 Å². The first-order valence-electron chi connectivity index (χ1n) is 5.79. The lowest BCUT2D eigenvalue weighted by Crippen LogP contribution is -1.92. The van der Waals surface area contributed by atoms with Crippen molar-refractivity contribution in [3.05, 3.63) is 28.8 Å². The maximum absolute atomic E-state index is 10.5. The van der Waals surface area contributed by atoms with Gasteiger partial charge in [0.2, 0.25) is 0 Å². The summed E-state index contributed by atoms with van der Waals surface area (Å²) in [4.78, 5) is 10.5. The van der Waals surface area contributed by atoms with Gasteiger partial charge in [0.05, 0.1) is 7.11 Å². The molecule has 1 aromatic rings. The normalized spacial score (nSPS) is 7.94. The van der Waals surface area contributed by atoms with E-state index in [2.05, 4.69) is 0 Å². The predicted molar refractivity (Wildman–Crippen MR) is 70.6 cm³/mol. The second-order valence-corrected chi connectivity index (χ2v) is 2.78. The molecule has 16 heavy (non-hydrogen) atoms. The zero-order chi connectivity index (χ0) is 13.1. The lowest BCUT2D eigenvalue weighted by molar-refractivity contribution is 0.112. The van der Waals surface area contributed by atoms with Crippen molar-refractivity contribution in [3.8, 4) is 5.75 Å². The van der Waals surface area contributed by atoms with Crippen LogP contribution < -0.4 is 4.74 Å². The lowest BCUT2D eigenvalue weighted by Gasteiger charge is -2.07. The number of carbonyl (C=O) groups is 1. The van der Waals surface area contributed by atoms with Gasteiger partial charge in [0.15, 0.2) is 0 Å². The number of hydrogen-bond donors (Lipinski definition) is 0. The first-order chi connectivity index (χ1) is 7.69. The Labute approximate surface area is 99.6 Å². The summed E-state index contributed by atoms with van der Waals surface area (Å²) in [5.74, 6) is 0.775. The van der Waals surface area contributed by atoms with Gasteiger partial charge in [-0.25, -0.2) is 0 Å². The number of aryl methyl sites for hydroxylation is 1. The van der Waals surface area contributed by atoms with Crippen molar-refractivity contribution in [1.29, 1.82) is 0 Å². The van der Waals surface area contributed by atoms with Crippen molar-refractivity contribution < 1.29 is 9.53 Å². The summed E-state index contributed by atoms with van der Waals surface area (Å²) in [6, 6.07) is 3.60. The molecule has 92 valence electrons. The van der Waals surface area contributed by atoms with Gasteiger partial charge in [0.1, 0.15) is 12.0 Å². The molecule has 0 heterocycles. The maximum Gasteiger partial charge on any atom is 0.150 e. The molecule has 2 heteroatoms. The summed E-state index contributed by atoms with van der Waals surface area (Å²) in [5.41, 5.74) is 2.83. The number of hydrogen-bond acceptors (Lipinski definition) is 2. The van der Waals surface area contributed by atoms with Crippen LogP contribution in [0.3, 0.4) is 0 Å². The van der Waals surface area contributed by atoms with Gasteiger partial charge in [0, 0.05) is 5.56 Å². The minimum absolute atomic E-state index is 0.662. The molecule has 0 aliphatic heterocycles. The Kier molecular flexibility index (Phi) is 10.9. The second-order valence-electron chi connectivity index (χ2n) is 2.78. The molecule has 0 saturated heterocycles. The predicted octanol–water partition coefficient (Wildman–Crippen LogP) is 4.18. The molecule has 0 bridgehead atoms. The molecule has 0 aliphatic rings. The molecule has 0 fully saturated rings. The van der Waals surface area contributed by atoms with E-state index < -0.39 is 0 Å². The van der Waals surface area contributed by atoms with E-state index in [9.17, 15) is 4.79 Å². The lowest BCUT2D eigenvalue weighted by atomic mass is 10.1. The Hall–Kier alpha value is -1.31. The zero-order valence-corrected chi connectivity index (χ0v) is 11.5. The average Bonchev–Trinajstić information content (AvgIpc) is 2.37. The van der Waals surface area contributed by atoms with Crippen LogP contribution in [-0.2, 0) is 0 Å². The van der Waals surface area contributed by atoms with Gasteiger partial charge >= 0.3 is 0 Å². The molecule has 1 rings (SSSR count). The quantitative estimate of drug-likeness (QED) is 0.704. The van der Waals surface area contributed by atoms with Crippen molar-refractivity contribution in [2.75, 3.05) is 7.11 Å². The Balaban J connectivity index is 0. The summed E-state index contributed by atoms with van der Waals surface area (Å²) in [6.07, 6.45) is 0.828. The highest BCUT2D eigenvalue weighted by atomic mass is 16.5. The smallest absolute Gasteiger partial charge is 0.150 e.